The Bertz CT molecular complexity index is 888. The number of thiocarbonyl (C=S) groups is 1. The Kier molecular flexibility index (Phi) is 7.01. The van der Waals surface area contributed by atoms with Crippen LogP contribution in [0.3, 0.4) is 0 Å². The van der Waals surface area contributed by atoms with Crippen LogP contribution in [0, 0.1) is 0 Å². The van der Waals surface area contributed by atoms with E-state index >= 15 is 0 Å². The van der Waals surface area contributed by atoms with Gasteiger partial charge in [0, 0.05) is 18.2 Å². The third-order valence-corrected chi connectivity index (χ3v) is 4.12. The van der Waals surface area contributed by atoms with Crippen molar-refractivity contribution in [1.29, 1.82) is 0 Å². The van der Waals surface area contributed by atoms with Crippen LogP contribution in [0.25, 0.3) is 17.4 Å². The van der Waals surface area contributed by atoms with Crippen LogP contribution in [0.5, 0.6) is 0 Å². The first-order valence-corrected chi connectivity index (χ1v) is 9.32. The zero-order valence-corrected chi connectivity index (χ0v) is 16.6. The van der Waals surface area contributed by atoms with Crippen molar-refractivity contribution >= 4 is 29.3 Å². The number of benzene rings is 1. The second kappa shape index (κ2) is 9.05. The van der Waals surface area contributed by atoms with Crippen LogP contribution >= 0.6 is 12.2 Å². The van der Waals surface area contributed by atoms with Gasteiger partial charge in [-0.05, 0) is 42.9 Å². The minimum atomic E-state index is -4.42. The average Bonchev–Trinajstić information content (AvgIpc) is 3.24. The number of nitrogens with zero attached hydrogens (tertiary/aromatic N) is 1. The highest BCUT2D eigenvalue weighted by Gasteiger charge is 2.31. The Morgan fingerprint density at radius 1 is 1.21 bits per heavy atom. The number of hydrogen-bond acceptors (Lipinski definition) is 3. The van der Waals surface area contributed by atoms with Gasteiger partial charge in [0.25, 0.3) is 5.91 Å². The molecule has 0 radical (unpaired) electrons. The van der Waals surface area contributed by atoms with E-state index in [4.69, 9.17) is 16.6 Å². The Morgan fingerprint density at radius 3 is 2.57 bits per heavy atom. The third kappa shape index (κ3) is 4.81. The molecule has 2 heterocycles. The maximum atomic E-state index is 12.8. The van der Waals surface area contributed by atoms with E-state index in [0.717, 1.165) is 18.6 Å². The van der Waals surface area contributed by atoms with Gasteiger partial charge in [0.05, 0.1) is 5.56 Å². The van der Waals surface area contributed by atoms with Gasteiger partial charge in [-0.3, -0.25) is 9.69 Å². The van der Waals surface area contributed by atoms with Crippen LogP contribution in [-0.4, -0.2) is 22.5 Å². The second-order valence-electron chi connectivity index (χ2n) is 5.73. The SMILES string of the molecule is CC.CCCN1C(=O)/C(=C/c2ccc(-c3cccc(C(F)(F)F)c3)o2)NC1=S. The normalized spacial score (nSPS) is 15.5. The van der Waals surface area contributed by atoms with E-state index in [0.29, 0.717) is 23.0 Å². The first-order valence-electron chi connectivity index (χ1n) is 8.91. The number of nitrogens with one attached hydrogen (secondary N) is 1. The van der Waals surface area contributed by atoms with Crippen molar-refractivity contribution in [1.82, 2.24) is 10.2 Å². The van der Waals surface area contributed by atoms with Crippen LogP contribution in [0.15, 0.2) is 46.5 Å². The molecule has 2 aromatic rings. The second-order valence-corrected chi connectivity index (χ2v) is 6.11. The first-order chi connectivity index (χ1) is 13.3. The molecular formula is C20H21F3N2O2S. The summed E-state index contributed by atoms with van der Waals surface area (Å²) >= 11 is 5.12. The third-order valence-electron chi connectivity index (χ3n) is 3.80. The average molecular weight is 410 g/mol. The quantitative estimate of drug-likeness (QED) is 0.537. The minimum absolute atomic E-state index is 0.256. The molecule has 0 saturated carbocycles. The number of carbonyl (C=O) groups excluding carboxylic acids is 1. The van der Waals surface area contributed by atoms with Gasteiger partial charge in [0.15, 0.2) is 5.11 Å². The van der Waals surface area contributed by atoms with Gasteiger partial charge in [-0.2, -0.15) is 13.2 Å². The molecule has 0 unspecified atom stereocenters. The molecule has 4 nitrogen and oxygen atoms in total. The standard InChI is InChI=1S/C18H15F3N2O2S.C2H6/c1-2-8-23-16(24)14(22-17(23)26)10-13-6-7-15(25-13)11-4-3-5-12(9-11)18(19,20)21;1-2/h3-7,9-10H,2,8H2,1H3,(H,22,26);1-2H3/b14-10-;. The van der Waals surface area contributed by atoms with Crippen molar-refractivity contribution in [3.8, 4) is 11.3 Å². The molecule has 8 heteroatoms. The summed E-state index contributed by atoms with van der Waals surface area (Å²) in [6, 6.07) is 8.02. The summed E-state index contributed by atoms with van der Waals surface area (Å²) in [6.07, 6.45) is -2.17. The molecule has 0 atom stereocenters. The minimum Gasteiger partial charge on any atom is -0.457 e. The van der Waals surface area contributed by atoms with E-state index in [1.54, 1.807) is 12.1 Å². The van der Waals surface area contributed by atoms with Crippen molar-refractivity contribution in [3.63, 3.8) is 0 Å². The van der Waals surface area contributed by atoms with Crippen molar-refractivity contribution in [2.75, 3.05) is 6.54 Å². The summed E-state index contributed by atoms with van der Waals surface area (Å²) in [6.45, 7) is 6.45. The van der Waals surface area contributed by atoms with Crippen LogP contribution in [0.2, 0.25) is 0 Å². The molecule has 0 aliphatic carbocycles. The number of halogens is 3. The Hall–Kier alpha value is -2.61. The summed E-state index contributed by atoms with van der Waals surface area (Å²) < 4.78 is 44.1. The lowest BCUT2D eigenvalue weighted by Gasteiger charge is -2.11. The fraction of sp³-hybridized carbons (Fsp3) is 0.300. The number of rotatable bonds is 4. The van der Waals surface area contributed by atoms with Gasteiger partial charge in [0.2, 0.25) is 0 Å². The van der Waals surface area contributed by atoms with Crippen LogP contribution in [-0.2, 0) is 11.0 Å². The summed E-state index contributed by atoms with van der Waals surface area (Å²) in [4.78, 5) is 13.7. The van der Waals surface area contributed by atoms with Gasteiger partial charge in [-0.15, -0.1) is 0 Å². The lowest BCUT2D eigenvalue weighted by atomic mass is 10.1. The summed E-state index contributed by atoms with van der Waals surface area (Å²) in [5.74, 6) is 0.365. The lowest BCUT2D eigenvalue weighted by Crippen LogP contribution is -2.31. The van der Waals surface area contributed by atoms with Gasteiger partial charge in [-0.1, -0.05) is 32.9 Å². The van der Waals surface area contributed by atoms with E-state index in [1.807, 2.05) is 20.8 Å². The maximum Gasteiger partial charge on any atom is 0.416 e. The number of alkyl halides is 3. The summed E-state index contributed by atoms with van der Waals surface area (Å²) in [5, 5.41) is 3.15. The summed E-state index contributed by atoms with van der Waals surface area (Å²) in [7, 11) is 0. The van der Waals surface area contributed by atoms with Crippen LogP contribution in [0.1, 0.15) is 38.5 Å². The van der Waals surface area contributed by atoms with Crippen LogP contribution < -0.4 is 5.32 Å². The van der Waals surface area contributed by atoms with E-state index < -0.39 is 11.7 Å². The fourth-order valence-corrected chi connectivity index (χ4v) is 2.86. The molecule has 1 aromatic carbocycles. The molecule has 1 fully saturated rings. The summed E-state index contributed by atoms with van der Waals surface area (Å²) in [5.41, 5.74) is -0.175. The van der Waals surface area contributed by atoms with Gasteiger partial charge in [-0.25, -0.2) is 0 Å². The zero-order chi connectivity index (χ0) is 20.9. The molecule has 0 bridgehead atoms. The Balaban J connectivity index is 0.00000136. The molecule has 1 aromatic heterocycles. The van der Waals surface area contributed by atoms with E-state index in [1.165, 1.54) is 23.1 Å². The van der Waals surface area contributed by atoms with E-state index in [2.05, 4.69) is 5.32 Å². The van der Waals surface area contributed by atoms with Crippen molar-refractivity contribution in [2.45, 2.75) is 33.4 Å². The number of hydrogen-bond donors (Lipinski definition) is 1. The van der Waals surface area contributed by atoms with E-state index in [-0.39, 0.29) is 17.4 Å². The van der Waals surface area contributed by atoms with Crippen molar-refractivity contribution in [2.24, 2.45) is 0 Å². The Morgan fingerprint density at radius 2 is 1.93 bits per heavy atom. The van der Waals surface area contributed by atoms with Gasteiger partial charge in [0.1, 0.15) is 17.2 Å². The molecule has 1 aliphatic heterocycles. The molecule has 1 aliphatic rings. The van der Waals surface area contributed by atoms with Gasteiger partial charge < -0.3 is 9.73 Å². The van der Waals surface area contributed by atoms with Crippen molar-refractivity contribution in [3.05, 3.63) is 53.4 Å². The topological polar surface area (TPSA) is 45.5 Å². The molecule has 1 N–H and O–H groups in total. The monoisotopic (exact) mass is 410 g/mol. The largest absolute Gasteiger partial charge is 0.457 e. The predicted molar refractivity (Wildman–Crippen MR) is 106 cm³/mol. The highest BCUT2D eigenvalue weighted by Crippen LogP contribution is 2.33. The number of furan rings is 1. The molecular weight excluding hydrogens is 389 g/mol. The number of amides is 1. The first kappa shape index (κ1) is 21.7. The zero-order valence-electron chi connectivity index (χ0n) is 15.8. The van der Waals surface area contributed by atoms with Gasteiger partial charge >= 0.3 is 6.18 Å². The molecule has 0 spiro atoms. The molecule has 1 amide bonds. The van der Waals surface area contributed by atoms with E-state index in [9.17, 15) is 18.0 Å². The molecule has 28 heavy (non-hydrogen) atoms. The lowest BCUT2D eigenvalue weighted by molar-refractivity contribution is -0.137. The Labute approximate surface area is 167 Å². The highest BCUT2D eigenvalue weighted by molar-refractivity contribution is 7.80. The highest BCUT2D eigenvalue weighted by atomic mass is 32.1. The van der Waals surface area contributed by atoms with Crippen LogP contribution in [0.4, 0.5) is 13.2 Å². The predicted octanol–water partition coefficient (Wildman–Crippen LogP) is 5.46. The smallest absolute Gasteiger partial charge is 0.416 e. The number of carbonyl (C=O) groups is 1. The molecule has 150 valence electrons. The molecule has 3 rings (SSSR count). The molecule has 1 saturated heterocycles. The fourth-order valence-electron chi connectivity index (χ4n) is 2.57. The maximum absolute atomic E-state index is 12.8. The van der Waals surface area contributed by atoms with Crippen molar-refractivity contribution < 1.29 is 22.4 Å².